The van der Waals surface area contributed by atoms with Gasteiger partial charge in [-0.05, 0) is 43.6 Å². The van der Waals surface area contributed by atoms with E-state index in [1.165, 1.54) is 37.2 Å². The number of hydrogen-bond acceptors (Lipinski definition) is 5. The molecule has 0 aliphatic carbocycles. The molecule has 0 spiro atoms. The molecule has 5 aliphatic heterocycles. The van der Waals surface area contributed by atoms with E-state index in [1.807, 2.05) is 6.07 Å². The van der Waals surface area contributed by atoms with Gasteiger partial charge in [-0.2, -0.15) is 5.10 Å². The Morgan fingerprint density at radius 1 is 1.14 bits per heavy atom. The summed E-state index contributed by atoms with van der Waals surface area (Å²) >= 11 is 0. The Labute approximate surface area is 123 Å². The monoisotopic (exact) mass is 289 g/mol. The molecule has 112 valence electrons. The van der Waals surface area contributed by atoms with Gasteiger partial charge in [0.25, 0.3) is 0 Å². The highest BCUT2D eigenvalue weighted by molar-refractivity contribution is 5.95. The molecule has 1 aromatic carbocycles. The maximum absolute atomic E-state index is 5.50. The van der Waals surface area contributed by atoms with Crippen molar-refractivity contribution in [2.45, 2.75) is 24.9 Å². The summed E-state index contributed by atoms with van der Waals surface area (Å²) < 4.78 is 10.9. The molecule has 3 fully saturated rings. The Hall–Kier alpha value is -1.79. The number of piperidine rings is 3. The molecule has 6 nitrogen and oxygen atoms in total. The number of rotatable bonds is 1. The van der Waals surface area contributed by atoms with Crippen LogP contribution in [-0.4, -0.2) is 42.0 Å². The van der Waals surface area contributed by atoms with Crippen LogP contribution in [0.4, 0.5) is 0 Å². The minimum absolute atomic E-state index is 0. The van der Waals surface area contributed by atoms with E-state index in [2.05, 4.69) is 27.6 Å². The normalized spacial score (nSPS) is 34.8. The standard InChI is InChI=1S/C15H17N3O2.H2O/c1-2-11-12(20-8-19-11)7-10(1)14-15-13(16-17-14)9-3-5-18(15)6-4-9;/h1-2,7,9,14-15,17H,3-6,8H2;1H2. The SMILES string of the molecule is O.c1cc2c(cc1C1NN=C3C4CCN(CC4)C31)OCO2. The third kappa shape index (κ3) is 1.76. The number of hydrogen-bond donors (Lipinski definition) is 1. The molecule has 21 heavy (non-hydrogen) atoms. The summed E-state index contributed by atoms with van der Waals surface area (Å²) in [6.07, 6.45) is 2.54. The van der Waals surface area contributed by atoms with Crippen LogP contribution in [0.25, 0.3) is 0 Å². The molecular weight excluding hydrogens is 270 g/mol. The van der Waals surface area contributed by atoms with Gasteiger partial charge in [-0.3, -0.25) is 4.90 Å². The van der Waals surface area contributed by atoms with E-state index in [4.69, 9.17) is 9.47 Å². The Morgan fingerprint density at radius 3 is 2.81 bits per heavy atom. The second kappa shape index (κ2) is 4.61. The van der Waals surface area contributed by atoms with Gasteiger partial charge in [-0.1, -0.05) is 6.07 Å². The van der Waals surface area contributed by atoms with Gasteiger partial charge in [-0.25, -0.2) is 0 Å². The van der Waals surface area contributed by atoms with Crippen molar-refractivity contribution in [3.63, 3.8) is 0 Å². The Bertz CT molecular complexity index is 596. The molecule has 0 amide bonds. The smallest absolute Gasteiger partial charge is 0.231 e. The van der Waals surface area contributed by atoms with Crippen molar-refractivity contribution in [3.8, 4) is 11.5 Å². The molecule has 3 saturated heterocycles. The summed E-state index contributed by atoms with van der Waals surface area (Å²) in [5, 5.41) is 4.64. The van der Waals surface area contributed by atoms with Crippen LogP contribution in [0.2, 0.25) is 0 Å². The lowest BCUT2D eigenvalue weighted by Gasteiger charge is -2.45. The molecule has 2 unspecified atom stereocenters. The van der Waals surface area contributed by atoms with E-state index in [9.17, 15) is 0 Å². The summed E-state index contributed by atoms with van der Waals surface area (Å²) in [5.41, 5.74) is 5.96. The van der Waals surface area contributed by atoms with Gasteiger partial charge < -0.3 is 20.4 Å². The maximum atomic E-state index is 5.50. The Kier molecular flexibility index (Phi) is 2.83. The van der Waals surface area contributed by atoms with Crippen molar-refractivity contribution in [2.75, 3.05) is 19.9 Å². The van der Waals surface area contributed by atoms with Crippen molar-refractivity contribution in [1.29, 1.82) is 0 Å². The predicted octanol–water partition coefficient (Wildman–Crippen LogP) is 0.685. The van der Waals surface area contributed by atoms with Crippen molar-refractivity contribution in [2.24, 2.45) is 11.0 Å². The summed E-state index contributed by atoms with van der Waals surface area (Å²) in [7, 11) is 0. The Balaban J connectivity index is 0.00000115. The minimum atomic E-state index is 0. The second-order valence-corrected chi connectivity index (χ2v) is 6.01. The molecule has 5 heterocycles. The van der Waals surface area contributed by atoms with Gasteiger partial charge in [0.2, 0.25) is 6.79 Å². The van der Waals surface area contributed by atoms with Crippen LogP contribution in [0.3, 0.4) is 0 Å². The largest absolute Gasteiger partial charge is 0.454 e. The quantitative estimate of drug-likeness (QED) is 0.825. The lowest BCUT2D eigenvalue weighted by atomic mass is 9.78. The summed E-state index contributed by atoms with van der Waals surface area (Å²) in [5.74, 6) is 2.39. The van der Waals surface area contributed by atoms with Crippen LogP contribution in [0.5, 0.6) is 11.5 Å². The fourth-order valence-corrected chi connectivity index (χ4v) is 4.02. The number of benzene rings is 1. The molecule has 0 aromatic heterocycles. The summed E-state index contributed by atoms with van der Waals surface area (Å²) in [6, 6.07) is 6.92. The van der Waals surface area contributed by atoms with Crippen molar-refractivity contribution in [3.05, 3.63) is 23.8 Å². The first-order valence-electron chi connectivity index (χ1n) is 7.37. The first-order valence-corrected chi connectivity index (χ1v) is 7.37. The van der Waals surface area contributed by atoms with Crippen LogP contribution in [-0.2, 0) is 0 Å². The minimum Gasteiger partial charge on any atom is -0.454 e. The molecule has 5 aliphatic rings. The maximum Gasteiger partial charge on any atom is 0.231 e. The average Bonchev–Trinajstić information content (AvgIpc) is 3.15. The molecule has 0 radical (unpaired) electrons. The molecule has 6 heteroatoms. The number of hydrazone groups is 1. The van der Waals surface area contributed by atoms with Crippen LogP contribution < -0.4 is 14.9 Å². The zero-order valence-corrected chi connectivity index (χ0v) is 11.7. The average molecular weight is 289 g/mol. The second-order valence-electron chi connectivity index (χ2n) is 6.01. The fraction of sp³-hybridized carbons (Fsp3) is 0.533. The van der Waals surface area contributed by atoms with Crippen molar-refractivity contribution >= 4 is 5.71 Å². The van der Waals surface area contributed by atoms with Crippen LogP contribution in [0.15, 0.2) is 23.3 Å². The zero-order valence-electron chi connectivity index (χ0n) is 11.7. The fourth-order valence-electron chi connectivity index (χ4n) is 4.02. The summed E-state index contributed by atoms with van der Waals surface area (Å²) in [4.78, 5) is 2.58. The molecule has 0 saturated carbocycles. The molecule has 3 N–H and O–H groups in total. The van der Waals surface area contributed by atoms with Crippen molar-refractivity contribution < 1.29 is 14.9 Å². The molecule has 2 bridgehead atoms. The number of nitrogens with one attached hydrogen (secondary N) is 1. The number of fused-ring (bicyclic) bond motifs is 3. The first kappa shape index (κ1) is 12.9. The highest BCUT2D eigenvalue weighted by atomic mass is 16.7. The van der Waals surface area contributed by atoms with Crippen LogP contribution in [0.1, 0.15) is 24.4 Å². The third-order valence-electron chi connectivity index (χ3n) is 5.05. The highest BCUT2D eigenvalue weighted by Gasteiger charge is 2.46. The zero-order chi connectivity index (χ0) is 13.1. The highest BCUT2D eigenvalue weighted by Crippen LogP contribution is 2.41. The molecule has 6 rings (SSSR count). The molecular formula is C15H19N3O3. The lowest BCUT2D eigenvalue weighted by Crippen LogP contribution is -2.56. The van der Waals surface area contributed by atoms with Gasteiger partial charge in [0.15, 0.2) is 11.5 Å². The van der Waals surface area contributed by atoms with Gasteiger partial charge in [0.05, 0.1) is 17.8 Å². The van der Waals surface area contributed by atoms with Gasteiger partial charge in [-0.15, -0.1) is 0 Å². The van der Waals surface area contributed by atoms with Crippen molar-refractivity contribution in [1.82, 2.24) is 10.3 Å². The van der Waals surface area contributed by atoms with Gasteiger partial charge in [0, 0.05) is 5.92 Å². The molecule has 1 aromatic rings. The number of ether oxygens (including phenoxy) is 2. The number of nitrogens with zero attached hydrogens (tertiary/aromatic N) is 2. The van der Waals surface area contributed by atoms with E-state index in [0.29, 0.717) is 18.8 Å². The van der Waals surface area contributed by atoms with E-state index < -0.39 is 0 Å². The topological polar surface area (TPSA) is 77.6 Å². The van der Waals surface area contributed by atoms with Crippen LogP contribution >= 0.6 is 0 Å². The van der Waals surface area contributed by atoms with Gasteiger partial charge in [0.1, 0.15) is 0 Å². The van der Waals surface area contributed by atoms with Gasteiger partial charge >= 0.3 is 0 Å². The van der Waals surface area contributed by atoms with Crippen LogP contribution in [0, 0.1) is 5.92 Å². The van der Waals surface area contributed by atoms with E-state index in [0.717, 1.165) is 11.5 Å². The van der Waals surface area contributed by atoms with E-state index in [-0.39, 0.29) is 11.5 Å². The van der Waals surface area contributed by atoms with E-state index >= 15 is 0 Å². The third-order valence-corrected chi connectivity index (χ3v) is 5.05. The summed E-state index contributed by atoms with van der Waals surface area (Å²) in [6.45, 7) is 2.74. The lowest BCUT2D eigenvalue weighted by molar-refractivity contribution is 0.133. The predicted molar refractivity (Wildman–Crippen MR) is 77.6 cm³/mol. The first-order chi connectivity index (χ1) is 9.90. The Morgan fingerprint density at radius 2 is 1.95 bits per heavy atom. The molecule has 2 atom stereocenters. The van der Waals surface area contributed by atoms with E-state index in [1.54, 1.807) is 0 Å².